The van der Waals surface area contributed by atoms with Crippen LogP contribution in [0, 0.1) is 0 Å². The summed E-state index contributed by atoms with van der Waals surface area (Å²) in [5, 5.41) is 15.0. The molecule has 34 heavy (non-hydrogen) atoms. The Hall–Kier alpha value is -3.40. The Kier molecular flexibility index (Phi) is 7.46. The molecular formula is C24H26BrN5O4. The van der Waals surface area contributed by atoms with Crippen LogP contribution in [0.5, 0.6) is 11.5 Å². The molecule has 0 radical (unpaired) electrons. The fraction of sp³-hybridized carbons (Fsp3) is 0.333. The van der Waals surface area contributed by atoms with Crippen molar-refractivity contribution >= 4 is 27.8 Å². The Labute approximate surface area is 206 Å². The highest BCUT2D eigenvalue weighted by atomic mass is 79.9. The van der Waals surface area contributed by atoms with Crippen molar-refractivity contribution in [2.75, 3.05) is 19.0 Å². The number of nitrogens with one attached hydrogen (secondary N) is 1. The Morgan fingerprint density at radius 2 is 2.06 bits per heavy atom. The van der Waals surface area contributed by atoms with Gasteiger partial charge in [0, 0.05) is 10.2 Å². The van der Waals surface area contributed by atoms with Gasteiger partial charge in [-0.15, -0.1) is 0 Å². The normalized spacial score (nSPS) is 14.9. The number of carbonyl (C=O) groups is 1. The number of nitrogens with zero attached hydrogens (tertiary/aromatic N) is 4. The van der Waals surface area contributed by atoms with E-state index in [9.17, 15) is 4.79 Å². The summed E-state index contributed by atoms with van der Waals surface area (Å²) in [6.45, 7) is 4.60. The molecule has 0 spiro atoms. The van der Waals surface area contributed by atoms with Crippen molar-refractivity contribution in [2.45, 2.75) is 39.3 Å². The molecular weight excluding hydrogens is 502 g/mol. The zero-order valence-electron chi connectivity index (χ0n) is 19.2. The fourth-order valence-corrected chi connectivity index (χ4v) is 4.18. The lowest BCUT2D eigenvalue weighted by molar-refractivity contribution is -0.139. The average molecular weight is 528 g/mol. The van der Waals surface area contributed by atoms with Crippen molar-refractivity contribution < 1.29 is 19.0 Å². The zero-order valence-corrected chi connectivity index (χ0v) is 20.8. The van der Waals surface area contributed by atoms with Gasteiger partial charge in [0.1, 0.15) is 12.6 Å². The number of unbranched alkanes of at least 4 members (excludes halogenated alkanes) is 1. The number of anilines is 1. The minimum atomic E-state index is -0.576. The smallest absolute Gasteiger partial charge is 0.338 e. The van der Waals surface area contributed by atoms with Gasteiger partial charge in [-0.3, -0.25) is 0 Å². The SMILES string of the molecule is CCCCOC(=O)C1=C(C)Nc2nnnn2C1c1ccc(OCc2cccc(Br)c2)c(OC)c1. The van der Waals surface area contributed by atoms with Crippen molar-refractivity contribution in [3.8, 4) is 11.5 Å². The monoisotopic (exact) mass is 527 g/mol. The number of hydrogen-bond acceptors (Lipinski definition) is 8. The van der Waals surface area contributed by atoms with Crippen molar-refractivity contribution in [3.05, 3.63) is 69.3 Å². The number of hydrogen-bond donors (Lipinski definition) is 1. The highest BCUT2D eigenvalue weighted by molar-refractivity contribution is 9.10. The van der Waals surface area contributed by atoms with E-state index in [0.717, 1.165) is 28.4 Å². The zero-order chi connectivity index (χ0) is 24.1. The van der Waals surface area contributed by atoms with Crippen LogP contribution in [-0.2, 0) is 16.1 Å². The van der Waals surface area contributed by atoms with E-state index in [0.29, 0.717) is 41.9 Å². The van der Waals surface area contributed by atoms with Gasteiger partial charge in [-0.05, 0) is 59.2 Å². The molecule has 0 fully saturated rings. The maximum absolute atomic E-state index is 13.0. The molecule has 10 heteroatoms. The first-order chi connectivity index (χ1) is 16.5. The van der Waals surface area contributed by atoms with E-state index in [-0.39, 0.29) is 0 Å². The Balaban J connectivity index is 1.64. The molecule has 1 unspecified atom stereocenters. The van der Waals surface area contributed by atoms with Crippen LogP contribution in [0.1, 0.15) is 43.9 Å². The van der Waals surface area contributed by atoms with Gasteiger partial charge in [0.2, 0.25) is 5.95 Å². The predicted octanol–water partition coefficient (Wildman–Crippen LogP) is 4.66. The van der Waals surface area contributed by atoms with E-state index in [1.54, 1.807) is 11.8 Å². The standard InChI is InChI=1S/C24H26BrN5O4/c1-4-5-11-33-23(31)21-15(2)26-24-27-28-29-30(24)22(21)17-9-10-19(20(13-17)32-3)34-14-16-7-6-8-18(25)12-16/h6-10,12-13,22H,4-5,11,14H2,1-3H3,(H,26,27,29). The maximum atomic E-state index is 13.0. The summed E-state index contributed by atoms with van der Waals surface area (Å²) in [6.07, 6.45) is 1.73. The number of methoxy groups -OCH3 is 1. The van der Waals surface area contributed by atoms with E-state index < -0.39 is 12.0 Å². The van der Waals surface area contributed by atoms with E-state index in [1.807, 2.05) is 56.3 Å². The molecule has 178 valence electrons. The summed E-state index contributed by atoms with van der Waals surface area (Å²) >= 11 is 3.48. The minimum absolute atomic E-state index is 0.354. The van der Waals surface area contributed by atoms with Gasteiger partial charge < -0.3 is 19.5 Å². The molecule has 0 saturated carbocycles. The van der Waals surface area contributed by atoms with Crippen molar-refractivity contribution in [1.82, 2.24) is 20.2 Å². The summed E-state index contributed by atoms with van der Waals surface area (Å²) in [4.78, 5) is 13.0. The average Bonchev–Trinajstić information content (AvgIpc) is 3.30. The van der Waals surface area contributed by atoms with E-state index in [1.165, 1.54) is 0 Å². The maximum Gasteiger partial charge on any atom is 0.338 e. The van der Waals surface area contributed by atoms with E-state index >= 15 is 0 Å². The molecule has 1 atom stereocenters. The second-order valence-electron chi connectivity index (χ2n) is 7.83. The molecule has 1 aromatic heterocycles. The third-order valence-corrected chi connectivity index (χ3v) is 5.95. The Morgan fingerprint density at radius 3 is 2.82 bits per heavy atom. The number of ether oxygens (including phenoxy) is 3. The van der Waals surface area contributed by atoms with Gasteiger partial charge >= 0.3 is 5.97 Å². The van der Waals surface area contributed by atoms with Crippen LogP contribution in [0.3, 0.4) is 0 Å². The number of carbonyl (C=O) groups excluding carboxylic acids is 1. The Bertz CT molecular complexity index is 1210. The highest BCUT2D eigenvalue weighted by Crippen LogP contribution is 2.38. The molecule has 1 aliphatic heterocycles. The summed E-state index contributed by atoms with van der Waals surface area (Å²) < 4.78 is 19.7. The lowest BCUT2D eigenvalue weighted by atomic mass is 9.95. The molecule has 0 saturated heterocycles. The van der Waals surface area contributed by atoms with Crippen LogP contribution in [0.2, 0.25) is 0 Å². The van der Waals surface area contributed by atoms with E-state index in [4.69, 9.17) is 14.2 Å². The first-order valence-electron chi connectivity index (χ1n) is 11.0. The quantitative estimate of drug-likeness (QED) is 0.316. The number of aromatic nitrogens is 4. The first-order valence-corrected chi connectivity index (χ1v) is 11.8. The molecule has 0 bridgehead atoms. The largest absolute Gasteiger partial charge is 0.493 e. The number of esters is 1. The summed E-state index contributed by atoms with van der Waals surface area (Å²) in [5.74, 6) is 1.17. The minimum Gasteiger partial charge on any atom is -0.493 e. The molecule has 1 aliphatic rings. The molecule has 0 aliphatic carbocycles. The molecule has 1 N–H and O–H groups in total. The number of rotatable bonds is 9. The number of halogens is 1. The summed E-state index contributed by atoms with van der Waals surface area (Å²) in [6, 6.07) is 12.9. The van der Waals surface area contributed by atoms with Gasteiger partial charge in [-0.25, -0.2) is 4.79 Å². The lowest BCUT2D eigenvalue weighted by Crippen LogP contribution is -2.30. The third kappa shape index (κ3) is 5.06. The molecule has 3 aromatic rings. The van der Waals surface area contributed by atoms with Crippen LogP contribution in [0.4, 0.5) is 5.95 Å². The third-order valence-electron chi connectivity index (χ3n) is 5.45. The number of allylic oxidation sites excluding steroid dienone is 1. The fourth-order valence-electron chi connectivity index (χ4n) is 3.73. The van der Waals surface area contributed by atoms with Crippen molar-refractivity contribution in [3.63, 3.8) is 0 Å². The van der Waals surface area contributed by atoms with Gasteiger partial charge in [-0.2, -0.15) is 4.68 Å². The van der Waals surface area contributed by atoms with Crippen molar-refractivity contribution in [2.24, 2.45) is 0 Å². The van der Waals surface area contributed by atoms with Crippen LogP contribution in [0.25, 0.3) is 0 Å². The molecule has 9 nitrogen and oxygen atoms in total. The van der Waals surface area contributed by atoms with Gasteiger partial charge in [0.15, 0.2) is 11.5 Å². The van der Waals surface area contributed by atoms with Gasteiger partial charge in [0.25, 0.3) is 0 Å². The molecule has 2 aromatic carbocycles. The highest BCUT2D eigenvalue weighted by Gasteiger charge is 2.35. The molecule has 2 heterocycles. The topological polar surface area (TPSA) is 100 Å². The van der Waals surface area contributed by atoms with Crippen LogP contribution < -0.4 is 14.8 Å². The number of benzene rings is 2. The van der Waals surface area contributed by atoms with Crippen LogP contribution in [0.15, 0.2) is 58.2 Å². The summed E-state index contributed by atoms with van der Waals surface area (Å²) in [5.41, 5.74) is 2.87. The predicted molar refractivity (Wildman–Crippen MR) is 130 cm³/mol. The second kappa shape index (κ2) is 10.7. The number of tetrazole rings is 1. The Morgan fingerprint density at radius 1 is 1.21 bits per heavy atom. The van der Waals surface area contributed by atoms with Crippen LogP contribution >= 0.6 is 15.9 Å². The van der Waals surface area contributed by atoms with Crippen LogP contribution in [-0.4, -0.2) is 39.9 Å². The first kappa shape index (κ1) is 23.7. The van der Waals surface area contributed by atoms with E-state index in [2.05, 4.69) is 36.8 Å². The molecule has 4 rings (SSSR count). The lowest BCUT2D eigenvalue weighted by Gasteiger charge is -2.27. The second-order valence-corrected chi connectivity index (χ2v) is 8.75. The van der Waals surface area contributed by atoms with Gasteiger partial charge in [0.05, 0.1) is 19.3 Å². The molecule has 0 amide bonds. The summed E-state index contributed by atoms with van der Waals surface area (Å²) in [7, 11) is 1.58. The number of fused-ring (bicyclic) bond motifs is 1. The van der Waals surface area contributed by atoms with Gasteiger partial charge in [-0.1, -0.05) is 52.6 Å². The van der Waals surface area contributed by atoms with Crippen molar-refractivity contribution in [1.29, 1.82) is 0 Å².